The van der Waals surface area contributed by atoms with Gasteiger partial charge in [-0.2, -0.15) is 5.26 Å². The van der Waals surface area contributed by atoms with E-state index in [1.807, 2.05) is 5.32 Å². The molecule has 144 valence electrons. The van der Waals surface area contributed by atoms with Crippen molar-refractivity contribution in [2.24, 2.45) is 0 Å². The lowest BCUT2D eigenvalue weighted by molar-refractivity contribution is -0.135. The summed E-state index contributed by atoms with van der Waals surface area (Å²) in [5, 5.41) is 29.9. The van der Waals surface area contributed by atoms with Crippen LogP contribution in [0.1, 0.15) is 32.7 Å². The number of aromatic nitrogens is 1. The summed E-state index contributed by atoms with van der Waals surface area (Å²) in [4.78, 5) is 35.7. The molecule has 0 spiro atoms. The lowest BCUT2D eigenvalue weighted by Gasteiger charge is -2.16. The summed E-state index contributed by atoms with van der Waals surface area (Å²) in [5.74, 6) is -3.67. The summed E-state index contributed by atoms with van der Waals surface area (Å²) >= 11 is 0. The number of aromatic hydroxyl groups is 1. The number of aliphatic carboxylic acids is 1. The minimum Gasteiger partial charge on any atom is -0.506 e. The number of halogens is 1. The van der Waals surface area contributed by atoms with Crippen molar-refractivity contribution in [1.82, 2.24) is 9.88 Å². The highest BCUT2D eigenvalue weighted by Gasteiger charge is 2.29. The van der Waals surface area contributed by atoms with Gasteiger partial charge in [0.1, 0.15) is 23.7 Å². The average molecular weight is 387 g/mol. The number of carbonyl (C=O) groups excluding carboxylic acids is 1. The maximum atomic E-state index is 14.3. The van der Waals surface area contributed by atoms with E-state index >= 15 is 0 Å². The molecule has 3 rings (SSSR count). The molecular formula is C18H14FN3O6. The zero-order valence-electron chi connectivity index (χ0n) is 14.4. The molecule has 1 aromatic carbocycles. The molecule has 10 heteroatoms. The second-order valence-corrected chi connectivity index (χ2v) is 6.03. The zero-order chi connectivity index (χ0) is 20.4. The molecule has 0 saturated carbocycles. The van der Waals surface area contributed by atoms with Gasteiger partial charge >= 0.3 is 5.97 Å². The van der Waals surface area contributed by atoms with Gasteiger partial charge in [-0.15, -0.1) is 0 Å². The second kappa shape index (κ2) is 7.50. The van der Waals surface area contributed by atoms with Crippen LogP contribution in [0.2, 0.25) is 0 Å². The van der Waals surface area contributed by atoms with E-state index < -0.39 is 41.1 Å². The number of nitriles is 1. The van der Waals surface area contributed by atoms with Crippen molar-refractivity contribution < 1.29 is 28.9 Å². The number of hydrogen-bond donors (Lipinski definition) is 3. The molecule has 3 N–H and O–H groups in total. The first-order chi connectivity index (χ1) is 13.3. The van der Waals surface area contributed by atoms with Crippen molar-refractivity contribution in [2.75, 3.05) is 6.54 Å². The van der Waals surface area contributed by atoms with Crippen LogP contribution in [-0.2, 0) is 29.3 Å². The average Bonchev–Trinajstić information content (AvgIpc) is 3.14. The first-order valence-corrected chi connectivity index (χ1v) is 8.07. The molecule has 0 fully saturated rings. The lowest BCUT2D eigenvalue weighted by Crippen LogP contribution is -2.37. The van der Waals surface area contributed by atoms with E-state index in [4.69, 9.17) is 15.1 Å². The van der Waals surface area contributed by atoms with Gasteiger partial charge in [-0.3, -0.25) is 14.4 Å². The number of ether oxygens (including phenoxy) is 1. The van der Waals surface area contributed by atoms with Crippen molar-refractivity contribution in [1.29, 1.82) is 5.26 Å². The highest BCUT2D eigenvalue weighted by Crippen LogP contribution is 2.30. The van der Waals surface area contributed by atoms with E-state index in [-0.39, 0.29) is 36.4 Å². The monoisotopic (exact) mass is 387 g/mol. The van der Waals surface area contributed by atoms with Crippen LogP contribution in [0.3, 0.4) is 0 Å². The molecule has 9 nitrogen and oxygen atoms in total. The molecule has 0 aliphatic carbocycles. The van der Waals surface area contributed by atoms with Crippen LogP contribution in [0.4, 0.5) is 4.39 Å². The van der Waals surface area contributed by atoms with Crippen molar-refractivity contribution >= 4 is 11.9 Å². The smallest absolute Gasteiger partial charge is 0.322 e. The number of hydrogen-bond acceptors (Lipinski definition) is 6. The Balaban J connectivity index is 2.09. The van der Waals surface area contributed by atoms with Gasteiger partial charge in [0, 0.05) is 11.1 Å². The van der Waals surface area contributed by atoms with Gasteiger partial charge in [-0.25, -0.2) is 4.39 Å². The highest BCUT2D eigenvalue weighted by molar-refractivity contribution is 5.98. The standard InChI is InChI=1S/C18H14FN3O6/c19-12-3-9(4-20)1-2-10(12)6-22-13-8-28-7-11(13)16(25)15(18(22)27)17(26)21-5-14(23)24/h1-3,25H,5-8H2,(H,21,26)(H,23,24). The van der Waals surface area contributed by atoms with Gasteiger partial charge < -0.3 is 24.8 Å². The minimum absolute atomic E-state index is 0.0208. The summed E-state index contributed by atoms with van der Waals surface area (Å²) in [5.41, 5.74) is -0.845. The summed E-state index contributed by atoms with van der Waals surface area (Å²) in [6.07, 6.45) is 0. The van der Waals surface area contributed by atoms with Crippen LogP contribution in [0, 0.1) is 17.1 Å². The largest absolute Gasteiger partial charge is 0.506 e. The van der Waals surface area contributed by atoms with Crippen molar-refractivity contribution in [3.05, 3.63) is 62.3 Å². The predicted molar refractivity (Wildman–Crippen MR) is 91.0 cm³/mol. The van der Waals surface area contributed by atoms with E-state index in [0.717, 1.165) is 10.6 Å². The molecule has 0 bridgehead atoms. The lowest BCUT2D eigenvalue weighted by atomic mass is 10.1. The fourth-order valence-electron chi connectivity index (χ4n) is 2.91. The summed E-state index contributed by atoms with van der Waals surface area (Å²) in [7, 11) is 0. The number of amides is 1. The first kappa shape index (κ1) is 19.1. The van der Waals surface area contributed by atoms with E-state index in [9.17, 15) is 23.9 Å². The maximum Gasteiger partial charge on any atom is 0.322 e. The molecule has 0 radical (unpaired) electrons. The zero-order valence-corrected chi connectivity index (χ0v) is 14.4. The topological polar surface area (TPSA) is 142 Å². The van der Waals surface area contributed by atoms with Crippen molar-refractivity contribution in [2.45, 2.75) is 19.8 Å². The molecule has 0 unspecified atom stereocenters. The summed E-state index contributed by atoms with van der Waals surface area (Å²) in [6.45, 7) is -1.08. The van der Waals surface area contributed by atoms with Crippen LogP contribution >= 0.6 is 0 Å². The Labute approximate surface area is 157 Å². The summed E-state index contributed by atoms with van der Waals surface area (Å²) < 4.78 is 20.6. The molecule has 28 heavy (non-hydrogen) atoms. The third-order valence-corrected chi connectivity index (χ3v) is 4.28. The van der Waals surface area contributed by atoms with Crippen LogP contribution in [-0.4, -0.2) is 33.2 Å². The summed E-state index contributed by atoms with van der Waals surface area (Å²) in [6, 6.07) is 5.57. The van der Waals surface area contributed by atoms with E-state index in [0.29, 0.717) is 5.69 Å². The van der Waals surface area contributed by atoms with Gasteiger partial charge in [0.25, 0.3) is 11.5 Å². The van der Waals surface area contributed by atoms with Crippen molar-refractivity contribution in [3.8, 4) is 11.8 Å². The Morgan fingerprint density at radius 1 is 1.36 bits per heavy atom. The fraction of sp³-hybridized carbons (Fsp3) is 0.222. The van der Waals surface area contributed by atoms with E-state index in [1.54, 1.807) is 6.07 Å². The van der Waals surface area contributed by atoms with Crippen LogP contribution in [0.5, 0.6) is 5.75 Å². The Kier molecular flexibility index (Phi) is 5.10. The van der Waals surface area contributed by atoms with Gasteiger partial charge in [0.15, 0.2) is 0 Å². The van der Waals surface area contributed by atoms with Gasteiger partial charge in [-0.1, -0.05) is 6.07 Å². The second-order valence-electron chi connectivity index (χ2n) is 6.03. The Morgan fingerprint density at radius 3 is 2.75 bits per heavy atom. The molecule has 1 aliphatic rings. The van der Waals surface area contributed by atoms with Crippen LogP contribution in [0.15, 0.2) is 23.0 Å². The number of rotatable bonds is 5. The first-order valence-electron chi connectivity index (χ1n) is 8.07. The van der Waals surface area contributed by atoms with Gasteiger partial charge in [-0.05, 0) is 12.1 Å². The molecule has 2 aromatic rings. The van der Waals surface area contributed by atoms with Gasteiger partial charge in [0.2, 0.25) is 0 Å². The number of carboxylic acids is 1. The maximum absolute atomic E-state index is 14.3. The van der Waals surface area contributed by atoms with Crippen LogP contribution in [0.25, 0.3) is 0 Å². The SMILES string of the molecule is N#Cc1ccc(Cn2c3c(c(O)c(C(=O)NCC(=O)O)c2=O)COC3)c(F)c1. The number of carbonyl (C=O) groups is 2. The van der Waals surface area contributed by atoms with E-state index in [1.165, 1.54) is 12.1 Å². The van der Waals surface area contributed by atoms with Gasteiger partial charge in [0.05, 0.1) is 37.1 Å². The number of benzene rings is 1. The fourth-order valence-corrected chi connectivity index (χ4v) is 2.91. The molecule has 0 atom stereocenters. The third-order valence-electron chi connectivity index (χ3n) is 4.28. The Hall–Kier alpha value is -3.71. The molecular weight excluding hydrogens is 373 g/mol. The predicted octanol–water partition coefficient (Wildman–Crippen LogP) is 0.458. The number of nitrogens with one attached hydrogen (secondary N) is 1. The highest BCUT2D eigenvalue weighted by atomic mass is 19.1. The number of pyridine rings is 1. The molecule has 1 aromatic heterocycles. The third kappa shape index (κ3) is 3.43. The Bertz CT molecular complexity index is 1090. The number of nitrogens with zero attached hydrogens (tertiary/aromatic N) is 2. The molecule has 2 heterocycles. The quantitative estimate of drug-likeness (QED) is 0.676. The minimum atomic E-state index is -1.32. The molecule has 0 saturated heterocycles. The normalized spacial score (nSPS) is 12.3. The van der Waals surface area contributed by atoms with Crippen molar-refractivity contribution in [3.63, 3.8) is 0 Å². The number of carboxylic acid groups (broad SMARTS) is 1. The van der Waals surface area contributed by atoms with E-state index in [2.05, 4.69) is 0 Å². The number of fused-ring (bicyclic) bond motifs is 1. The molecule has 1 amide bonds. The Morgan fingerprint density at radius 2 is 2.11 bits per heavy atom. The van der Waals surface area contributed by atoms with Crippen LogP contribution < -0.4 is 10.9 Å². The molecule has 1 aliphatic heterocycles.